The molecule has 0 aliphatic carbocycles. The maximum absolute atomic E-state index is 2.42. The summed E-state index contributed by atoms with van der Waals surface area (Å²) in [5.41, 5.74) is 32.8. The number of hydrogen-bond acceptors (Lipinski definition) is 0. The van der Waals surface area contributed by atoms with Crippen molar-refractivity contribution in [2.24, 2.45) is 0 Å². The second kappa shape index (κ2) is 25.2. The molecule has 0 saturated carbocycles. The van der Waals surface area contributed by atoms with Gasteiger partial charge in [0.1, 0.15) is 0 Å². The van der Waals surface area contributed by atoms with E-state index >= 15 is 0 Å². The van der Waals surface area contributed by atoms with Crippen LogP contribution in [0.15, 0.2) is 370 Å². The molecular weight excluding hydrogens is 1250 g/mol. The quantitative estimate of drug-likeness (QED) is 0.130. The first-order chi connectivity index (χ1) is 50.8. The zero-order valence-corrected chi connectivity index (χ0v) is 57.5. The number of nitrogens with zero attached hydrogens (tertiary/aromatic N) is 4. The summed E-state index contributed by atoms with van der Waals surface area (Å²) in [4.78, 5) is 0. The van der Waals surface area contributed by atoms with Crippen LogP contribution in [0.25, 0.3) is 177 Å². The third kappa shape index (κ3) is 10.8. The van der Waals surface area contributed by atoms with Crippen molar-refractivity contribution >= 4 is 87.2 Å². The van der Waals surface area contributed by atoms with Crippen molar-refractivity contribution in [3.8, 4) is 89.5 Å². The summed E-state index contributed by atoms with van der Waals surface area (Å²) >= 11 is 0. The van der Waals surface area contributed by atoms with Gasteiger partial charge in [-0.05, 0) is 215 Å². The topological polar surface area (TPSA) is 19.7 Å². The van der Waals surface area contributed by atoms with E-state index in [9.17, 15) is 0 Å². The molecule has 0 spiro atoms. The van der Waals surface area contributed by atoms with Gasteiger partial charge in [0.25, 0.3) is 0 Å². The van der Waals surface area contributed by atoms with E-state index in [0.717, 1.165) is 5.69 Å². The van der Waals surface area contributed by atoms with Gasteiger partial charge in [0.05, 0.1) is 44.1 Å². The molecule has 103 heavy (non-hydrogen) atoms. The predicted molar refractivity (Wildman–Crippen MR) is 437 cm³/mol. The molecule has 0 fully saturated rings. The molecule has 20 aromatic rings. The highest BCUT2D eigenvalue weighted by Gasteiger charge is 2.21. The van der Waals surface area contributed by atoms with Crippen LogP contribution < -0.4 is 0 Å². The molecular formula is C99H70N4. The Bertz CT molecular complexity index is 6510. The van der Waals surface area contributed by atoms with Crippen molar-refractivity contribution in [3.63, 3.8) is 0 Å². The van der Waals surface area contributed by atoms with E-state index < -0.39 is 0 Å². The van der Waals surface area contributed by atoms with Crippen molar-refractivity contribution in [2.75, 3.05) is 0 Å². The van der Waals surface area contributed by atoms with Crippen LogP contribution in [0.5, 0.6) is 0 Å². The van der Waals surface area contributed by atoms with Gasteiger partial charge in [0.2, 0.25) is 0 Å². The molecule has 0 unspecified atom stereocenters. The number of aryl methyl sites for hydroxylation is 3. The van der Waals surface area contributed by atoms with E-state index in [1.807, 2.05) is 0 Å². The molecule has 0 saturated heterocycles. The van der Waals surface area contributed by atoms with E-state index in [0.29, 0.717) is 0 Å². The van der Waals surface area contributed by atoms with Crippen LogP contribution in [0.4, 0.5) is 0 Å². The molecule has 0 atom stereocenters. The van der Waals surface area contributed by atoms with E-state index in [4.69, 9.17) is 0 Å². The van der Waals surface area contributed by atoms with Crippen molar-refractivity contribution in [3.05, 3.63) is 387 Å². The van der Waals surface area contributed by atoms with Gasteiger partial charge in [-0.15, -0.1) is 0 Å². The zero-order valence-electron chi connectivity index (χ0n) is 57.5. The second-order valence-corrected chi connectivity index (χ2v) is 27.5. The largest absolute Gasteiger partial charge is 0.309 e. The first kappa shape index (κ1) is 60.9. The highest BCUT2D eigenvalue weighted by molar-refractivity contribution is 6.15. The second-order valence-electron chi connectivity index (χ2n) is 27.5. The molecule has 0 aliphatic rings. The van der Waals surface area contributed by atoms with Crippen LogP contribution in [0.2, 0.25) is 0 Å². The molecule has 20 rings (SSSR count). The molecule has 4 nitrogen and oxygen atoms in total. The zero-order chi connectivity index (χ0) is 68.7. The fourth-order valence-corrected chi connectivity index (χ4v) is 16.1. The number of fused-ring (bicyclic) bond motifs is 12. The SMILES string of the molecule is Cc1ccc2c(c1)c1cc(-c3ccc4c(c3)c3ccccc3n4-c3cccc(-c4ccccc4)c3)ccc1n2-c1cccc(-c2ccccc2)c1.Cc1cccc(-c2cccc(-n3c4ccccc4c4cc(-c5ccc6c(c5)c5ccccc5n6-c5cccc(-c6cccc(C)c6)c5)ccc43)c2)c1. The molecule has 0 amide bonds. The van der Waals surface area contributed by atoms with Gasteiger partial charge in [0.15, 0.2) is 0 Å². The minimum absolute atomic E-state index is 1.16. The number of para-hydroxylation sites is 3. The van der Waals surface area contributed by atoms with Gasteiger partial charge in [-0.1, -0.05) is 259 Å². The van der Waals surface area contributed by atoms with Crippen LogP contribution >= 0.6 is 0 Å². The summed E-state index contributed by atoms with van der Waals surface area (Å²) < 4.78 is 9.65. The van der Waals surface area contributed by atoms with E-state index in [1.54, 1.807) is 0 Å². The highest BCUT2D eigenvalue weighted by Crippen LogP contribution is 2.43. The Balaban J connectivity index is 0.000000142. The number of aromatic nitrogens is 4. The Kier molecular flexibility index (Phi) is 14.9. The number of rotatable bonds is 10. The van der Waals surface area contributed by atoms with E-state index in [1.165, 1.54) is 188 Å². The Morgan fingerprint density at radius 2 is 0.359 bits per heavy atom. The van der Waals surface area contributed by atoms with Gasteiger partial charge in [-0.25, -0.2) is 0 Å². The molecule has 4 heterocycles. The van der Waals surface area contributed by atoms with Crippen molar-refractivity contribution < 1.29 is 0 Å². The van der Waals surface area contributed by atoms with Crippen LogP contribution in [0.1, 0.15) is 16.7 Å². The van der Waals surface area contributed by atoms with Crippen LogP contribution in [-0.4, -0.2) is 18.3 Å². The Morgan fingerprint density at radius 3 is 0.689 bits per heavy atom. The summed E-state index contributed by atoms with van der Waals surface area (Å²) in [5.74, 6) is 0. The van der Waals surface area contributed by atoms with Crippen molar-refractivity contribution in [2.45, 2.75) is 20.8 Å². The standard InChI is InChI=1S/C50H36N2.C49H34N2/c1-33-11-7-13-35(27-33)37-15-9-17-41(29-37)51-47-21-5-3-19-43(47)45-31-39(23-25-49(45)51)40-24-26-50-46(32-40)44-20-4-6-22-48(44)52(50)42-18-10-16-38(30-42)36-14-8-12-34(2)28-36;1-33-22-25-47-43(28-33)45-32-39(24-27-49(45)51(47)41-19-11-17-37(30-41)35-14-6-3-7-15-35)38-23-26-48-44(31-38)42-20-8-9-21-46(42)50(48)40-18-10-16-36(29-40)34-12-4-2-5-13-34/h3-32H,1-2H3;2-32H,1H3. The lowest BCUT2D eigenvalue weighted by Crippen LogP contribution is -1.94. The molecule has 0 aliphatic heterocycles. The van der Waals surface area contributed by atoms with Gasteiger partial charge in [0, 0.05) is 65.8 Å². The smallest absolute Gasteiger partial charge is 0.0541 e. The Hall–Kier alpha value is -13.3. The summed E-state index contributed by atoms with van der Waals surface area (Å²) in [5, 5.41) is 10.1. The number of hydrogen-bond donors (Lipinski definition) is 0. The average Bonchev–Trinajstić information content (AvgIpc) is 1.60. The molecule has 0 bridgehead atoms. The predicted octanol–water partition coefficient (Wildman–Crippen LogP) is 26.7. The first-order valence-corrected chi connectivity index (χ1v) is 35.6. The maximum atomic E-state index is 2.42. The Morgan fingerprint density at radius 1 is 0.136 bits per heavy atom. The van der Waals surface area contributed by atoms with Crippen LogP contribution in [0.3, 0.4) is 0 Å². The fraction of sp³-hybridized carbons (Fsp3) is 0.0303. The fourth-order valence-electron chi connectivity index (χ4n) is 16.1. The van der Waals surface area contributed by atoms with E-state index in [2.05, 4.69) is 409 Å². The monoisotopic (exact) mass is 1310 g/mol. The molecule has 4 aromatic heterocycles. The minimum atomic E-state index is 1.16. The van der Waals surface area contributed by atoms with Gasteiger partial charge >= 0.3 is 0 Å². The van der Waals surface area contributed by atoms with E-state index in [-0.39, 0.29) is 0 Å². The third-order valence-corrected chi connectivity index (χ3v) is 20.9. The first-order valence-electron chi connectivity index (χ1n) is 35.6. The molecule has 0 radical (unpaired) electrons. The summed E-state index contributed by atoms with van der Waals surface area (Å²) in [6.07, 6.45) is 0. The van der Waals surface area contributed by atoms with Crippen molar-refractivity contribution in [1.82, 2.24) is 18.3 Å². The lowest BCUT2D eigenvalue weighted by Gasteiger charge is -2.12. The van der Waals surface area contributed by atoms with Gasteiger partial charge in [-0.3, -0.25) is 0 Å². The summed E-state index contributed by atoms with van der Waals surface area (Å²) in [6.45, 7) is 6.49. The summed E-state index contributed by atoms with van der Waals surface area (Å²) in [7, 11) is 0. The lowest BCUT2D eigenvalue weighted by molar-refractivity contribution is 1.18. The minimum Gasteiger partial charge on any atom is -0.309 e. The Labute approximate surface area is 598 Å². The van der Waals surface area contributed by atoms with Crippen molar-refractivity contribution in [1.29, 1.82) is 0 Å². The molecule has 4 heteroatoms. The maximum Gasteiger partial charge on any atom is 0.0541 e. The third-order valence-electron chi connectivity index (χ3n) is 20.9. The normalized spacial score (nSPS) is 11.6. The lowest BCUT2D eigenvalue weighted by atomic mass is 10.00. The number of benzene rings is 16. The van der Waals surface area contributed by atoms with Gasteiger partial charge < -0.3 is 18.3 Å². The highest BCUT2D eigenvalue weighted by atomic mass is 15.0. The van der Waals surface area contributed by atoms with Crippen LogP contribution in [0, 0.1) is 20.8 Å². The molecule has 0 N–H and O–H groups in total. The molecule has 16 aromatic carbocycles. The average molecular weight is 1320 g/mol. The van der Waals surface area contributed by atoms with Crippen LogP contribution in [-0.2, 0) is 0 Å². The summed E-state index contributed by atoms with van der Waals surface area (Å²) in [6, 6.07) is 135. The molecule has 486 valence electrons. The van der Waals surface area contributed by atoms with Gasteiger partial charge in [-0.2, -0.15) is 0 Å².